The van der Waals surface area contributed by atoms with Crippen molar-refractivity contribution in [3.8, 4) is 0 Å². The molecule has 0 saturated heterocycles. The Labute approximate surface area is 128 Å². The fourth-order valence-corrected chi connectivity index (χ4v) is 2.49. The highest BCUT2D eigenvalue weighted by atomic mass is 35.5. The van der Waals surface area contributed by atoms with Crippen LogP contribution in [0, 0.1) is 5.82 Å². The molecule has 1 heterocycles. The summed E-state index contributed by atoms with van der Waals surface area (Å²) in [6, 6.07) is 6.84. The number of amides is 1. The van der Waals surface area contributed by atoms with Crippen molar-refractivity contribution in [3.63, 3.8) is 0 Å². The Balaban J connectivity index is 2.04. The van der Waals surface area contributed by atoms with Crippen LogP contribution < -0.4 is 5.32 Å². The van der Waals surface area contributed by atoms with Crippen LogP contribution in [0.15, 0.2) is 36.4 Å². The minimum absolute atomic E-state index is 0.177. The Kier molecular flexibility index (Phi) is 4.72. The second-order valence-electron chi connectivity index (χ2n) is 3.96. The first-order valence-electron chi connectivity index (χ1n) is 5.73. The third-order valence-electron chi connectivity index (χ3n) is 2.46. The zero-order valence-electron chi connectivity index (χ0n) is 10.5. The molecule has 1 aromatic heterocycles. The number of halogens is 2. The van der Waals surface area contributed by atoms with Gasteiger partial charge >= 0.3 is 5.97 Å². The van der Waals surface area contributed by atoms with Gasteiger partial charge in [-0.05, 0) is 36.4 Å². The molecule has 108 valence electrons. The Morgan fingerprint density at radius 2 is 2.05 bits per heavy atom. The normalized spacial score (nSPS) is 10.8. The number of benzene rings is 1. The van der Waals surface area contributed by atoms with Crippen LogP contribution >= 0.6 is 22.9 Å². The molecule has 2 rings (SSSR count). The Morgan fingerprint density at radius 1 is 1.29 bits per heavy atom. The van der Waals surface area contributed by atoms with Gasteiger partial charge in [-0.3, -0.25) is 4.79 Å². The van der Waals surface area contributed by atoms with Gasteiger partial charge < -0.3 is 10.4 Å². The second-order valence-corrected chi connectivity index (χ2v) is 5.71. The summed E-state index contributed by atoms with van der Waals surface area (Å²) >= 11 is 7.07. The zero-order chi connectivity index (χ0) is 15.4. The van der Waals surface area contributed by atoms with E-state index in [1.54, 1.807) is 18.2 Å². The quantitative estimate of drug-likeness (QED) is 0.838. The number of carbonyl (C=O) groups is 2. The molecule has 0 radical (unpaired) electrons. The average molecular weight is 326 g/mol. The first kappa shape index (κ1) is 15.2. The number of carbonyl (C=O) groups excluding carboxylic acids is 1. The van der Waals surface area contributed by atoms with Crippen LogP contribution in [-0.4, -0.2) is 17.0 Å². The second kappa shape index (κ2) is 6.51. The van der Waals surface area contributed by atoms with E-state index in [1.165, 1.54) is 23.5 Å². The van der Waals surface area contributed by atoms with E-state index < -0.39 is 23.3 Å². The molecule has 0 fully saturated rings. The van der Waals surface area contributed by atoms with E-state index in [4.69, 9.17) is 16.7 Å². The molecule has 7 heteroatoms. The van der Waals surface area contributed by atoms with Crippen molar-refractivity contribution in [2.24, 2.45) is 0 Å². The van der Waals surface area contributed by atoms with Gasteiger partial charge in [-0.15, -0.1) is 11.3 Å². The van der Waals surface area contributed by atoms with Gasteiger partial charge in [-0.2, -0.15) is 0 Å². The molecule has 0 unspecified atom stereocenters. The minimum Gasteiger partial charge on any atom is -0.478 e. The maximum atomic E-state index is 13.4. The van der Waals surface area contributed by atoms with Crippen LogP contribution in [0.1, 0.15) is 15.2 Å². The van der Waals surface area contributed by atoms with Gasteiger partial charge in [0.1, 0.15) is 5.82 Å². The van der Waals surface area contributed by atoms with E-state index in [9.17, 15) is 14.0 Å². The Hall–Kier alpha value is -2.18. The van der Waals surface area contributed by atoms with E-state index in [1.807, 2.05) is 0 Å². The van der Waals surface area contributed by atoms with E-state index in [0.29, 0.717) is 4.34 Å². The first-order valence-corrected chi connectivity index (χ1v) is 6.92. The monoisotopic (exact) mass is 325 g/mol. The SMILES string of the molecule is O=C(/C=C/c1ccc(Cl)s1)Nc1ccc(C(=O)O)c(F)c1. The third-order valence-corrected chi connectivity index (χ3v) is 3.66. The molecule has 0 saturated carbocycles. The Morgan fingerprint density at radius 3 is 2.62 bits per heavy atom. The van der Waals surface area contributed by atoms with E-state index in [0.717, 1.165) is 17.0 Å². The average Bonchev–Trinajstić information content (AvgIpc) is 2.82. The molecule has 2 aromatic rings. The zero-order valence-corrected chi connectivity index (χ0v) is 12.0. The standard InChI is InChI=1S/C14H9ClFNO3S/c15-12-5-2-9(21-12)3-6-13(18)17-8-1-4-10(14(19)20)11(16)7-8/h1-7H,(H,17,18)(H,19,20)/b6-3+. The van der Waals surface area contributed by atoms with Crippen LogP contribution in [0.3, 0.4) is 0 Å². The lowest BCUT2D eigenvalue weighted by atomic mass is 10.2. The fraction of sp³-hybridized carbons (Fsp3) is 0. The molecule has 2 N–H and O–H groups in total. The molecule has 21 heavy (non-hydrogen) atoms. The predicted octanol–water partition coefficient (Wildman–Crippen LogP) is 3.89. The molecule has 0 aliphatic rings. The lowest BCUT2D eigenvalue weighted by Crippen LogP contribution is -2.09. The van der Waals surface area contributed by atoms with Crippen LogP contribution in [0.5, 0.6) is 0 Å². The maximum Gasteiger partial charge on any atom is 0.338 e. The molecule has 4 nitrogen and oxygen atoms in total. The summed E-state index contributed by atoms with van der Waals surface area (Å²) in [5.74, 6) is -2.73. The molecular weight excluding hydrogens is 317 g/mol. The highest BCUT2D eigenvalue weighted by Crippen LogP contribution is 2.22. The van der Waals surface area contributed by atoms with E-state index >= 15 is 0 Å². The highest BCUT2D eigenvalue weighted by molar-refractivity contribution is 7.17. The third kappa shape index (κ3) is 4.14. The first-order chi connectivity index (χ1) is 9.95. The number of hydrogen-bond donors (Lipinski definition) is 2. The summed E-state index contributed by atoms with van der Waals surface area (Å²) in [4.78, 5) is 23.1. The number of aromatic carboxylic acids is 1. The van der Waals surface area contributed by atoms with Crippen molar-refractivity contribution in [3.05, 3.63) is 57.0 Å². The summed E-state index contributed by atoms with van der Waals surface area (Å²) in [5, 5.41) is 11.1. The largest absolute Gasteiger partial charge is 0.478 e. The smallest absolute Gasteiger partial charge is 0.338 e. The van der Waals surface area contributed by atoms with Crippen LogP contribution in [-0.2, 0) is 4.79 Å². The lowest BCUT2D eigenvalue weighted by Gasteiger charge is -2.03. The number of carboxylic acid groups (broad SMARTS) is 1. The molecule has 1 amide bonds. The van der Waals surface area contributed by atoms with Crippen molar-refractivity contribution in [1.29, 1.82) is 0 Å². The number of rotatable bonds is 4. The molecule has 0 aliphatic heterocycles. The number of hydrogen-bond acceptors (Lipinski definition) is 3. The lowest BCUT2D eigenvalue weighted by molar-refractivity contribution is -0.111. The van der Waals surface area contributed by atoms with Crippen molar-refractivity contribution in [2.45, 2.75) is 0 Å². The molecule has 0 atom stereocenters. The predicted molar refractivity (Wildman–Crippen MR) is 80.4 cm³/mol. The van der Waals surface area contributed by atoms with E-state index in [-0.39, 0.29) is 5.69 Å². The van der Waals surface area contributed by atoms with Gasteiger partial charge in [0, 0.05) is 16.6 Å². The van der Waals surface area contributed by atoms with Crippen molar-refractivity contribution in [2.75, 3.05) is 5.32 Å². The van der Waals surface area contributed by atoms with Crippen LogP contribution in [0.4, 0.5) is 10.1 Å². The van der Waals surface area contributed by atoms with Gasteiger partial charge in [0.05, 0.1) is 9.90 Å². The molecule has 0 spiro atoms. The minimum atomic E-state index is -1.36. The van der Waals surface area contributed by atoms with Gasteiger partial charge in [0.15, 0.2) is 0 Å². The summed E-state index contributed by atoms with van der Waals surface area (Å²) in [6.45, 7) is 0. The van der Waals surface area contributed by atoms with Crippen molar-refractivity contribution < 1.29 is 19.1 Å². The maximum absolute atomic E-state index is 13.4. The molecule has 0 aliphatic carbocycles. The Bertz CT molecular complexity index is 727. The van der Waals surface area contributed by atoms with Gasteiger partial charge in [0.25, 0.3) is 0 Å². The van der Waals surface area contributed by atoms with Crippen molar-refractivity contribution in [1.82, 2.24) is 0 Å². The van der Waals surface area contributed by atoms with E-state index in [2.05, 4.69) is 5.32 Å². The van der Waals surface area contributed by atoms with Gasteiger partial charge in [0.2, 0.25) is 5.91 Å². The molecule has 0 bridgehead atoms. The summed E-state index contributed by atoms with van der Waals surface area (Å²) in [7, 11) is 0. The summed E-state index contributed by atoms with van der Waals surface area (Å²) in [6.07, 6.45) is 2.86. The number of thiophene rings is 1. The number of anilines is 1. The number of nitrogens with one attached hydrogen (secondary N) is 1. The fourth-order valence-electron chi connectivity index (χ4n) is 1.53. The molecule has 1 aromatic carbocycles. The molecular formula is C14H9ClFNO3S. The highest BCUT2D eigenvalue weighted by Gasteiger charge is 2.10. The van der Waals surface area contributed by atoms with Crippen LogP contribution in [0.25, 0.3) is 6.08 Å². The van der Waals surface area contributed by atoms with Crippen LogP contribution in [0.2, 0.25) is 4.34 Å². The summed E-state index contributed by atoms with van der Waals surface area (Å²) in [5.41, 5.74) is -0.270. The van der Waals surface area contributed by atoms with Gasteiger partial charge in [-0.1, -0.05) is 11.6 Å². The topological polar surface area (TPSA) is 66.4 Å². The number of carboxylic acids is 1. The van der Waals surface area contributed by atoms with Gasteiger partial charge in [-0.25, -0.2) is 9.18 Å². The van der Waals surface area contributed by atoms with Crippen molar-refractivity contribution >= 4 is 46.6 Å². The summed E-state index contributed by atoms with van der Waals surface area (Å²) < 4.78 is 14.1.